The third-order valence-electron chi connectivity index (χ3n) is 7.95. The summed E-state index contributed by atoms with van der Waals surface area (Å²) in [6.07, 6.45) is -8.70. The molecular formula is C35H26F10N2O10. The van der Waals surface area contributed by atoms with Crippen LogP contribution in [0.4, 0.5) is 43.9 Å². The zero-order valence-electron chi connectivity index (χ0n) is 29.1. The predicted octanol–water partition coefficient (Wildman–Crippen LogP) is 9.29. The molecule has 2 aromatic carbocycles. The van der Waals surface area contributed by atoms with Crippen LogP contribution in [-0.2, 0) is 4.74 Å². The highest BCUT2D eigenvalue weighted by Crippen LogP contribution is 2.56. The molecule has 0 bridgehead atoms. The summed E-state index contributed by atoms with van der Waals surface area (Å²) in [6, 6.07) is 8.14. The number of pyridine rings is 2. The summed E-state index contributed by atoms with van der Waals surface area (Å²) in [4.78, 5) is 30.9. The van der Waals surface area contributed by atoms with Crippen molar-refractivity contribution in [3.05, 3.63) is 83.4 Å². The molecule has 2 unspecified atom stereocenters. The maximum atomic E-state index is 13.4. The minimum atomic E-state index is -4.92. The molecule has 2 fully saturated rings. The standard InChI is InChI=1S/C18H14F5NO5.C17H12F5NO5/c1-26-15-5-9(29-18(21,22)23)3-4-13(15)28-14-6-12(11-7-17(11,19)20)24-8-10(14)16(25)27-2;1-26-14-4-8(28-17(20,21)22)2-3-12(14)27-13-5-11(10-6-16(10,18)19)23-7-9(13)15(24)25/h3-6,8,11H,7H2,1-2H3;2-5,7,10H,6H2,1H3,(H,24,25). The van der Waals surface area contributed by atoms with Gasteiger partial charge in [-0.15, -0.1) is 26.3 Å². The van der Waals surface area contributed by atoms with Gasteiger partial charge in [0.1, 0.15) is 34.1 Å². The van der Waals surface area contributed by atoms with E-state index in [-0.39, 0.29) is 57.9 Å². The number of rotatable bonds is 12. The molecule has 2 aromatic heterocycles. The number of halogens is 10. The van der Waals surface area contributed by atoms with Crippen molar-refractivity contribution < 1.29 is 91.8 Å². The summed E-state index contributed by atoms with van der Waals surface area (Å²) in [5.41, 5.74) is -0.613. The van der Waals surface area contributed by atoms with Crippen LogP contribution in [0.15, 0.2) is 60.9 Å². The van der Waals surface area contributed by atoms with E-state index >= 15 is 0 Å². The van der Waals surface area contributed by atoms with Crippen LogP contribution in [-0.4, -0.2) is 72.9 Å². The van der Waals surface area contributed by atoms with Gasteiger partial charge in [-0.05, 0) is 24.3 Å². The average Bonchev–Trinajstić information content (AvgIpc) is 3.99. The molecular weight excluding hydrogens is 798 g/mol. The molecule has 306 valence electrons. The van der Waals surface area contributed by atoms with E-state index in [2.05, 4.69) is 24.2 Å². The van der Waals surface area contributed by atoms with Crippen molar-refractivity contribution in [2.24, 2.45) is 0 Å². The summed E-state index contributed by atoms with van der Waals surface area (Å²) >= 11 is 0. The van der Waals surface area contributed by atoms with Gasteiger partial charge in [0.25, 0.3) is 11.8 Å². The molecule has 0 amide bonds. The zero-order valence-corrected chi connectivity index (χ0v) is 29.1. The number of esters is 1. The summed E-state index contributed by atoms with van der Waals surface area (Å²) in [5.74, 6) is -12.5. The fourth-order valence-corrected chi connectivity index (χ4v) is 5.04. The average molecular weight is 825 g/mol. The normalized spacial score (nSPS) is 17.6. The Morgan fingerprint density at radius 1 is 0.632 bits per heavy atom. The molecule has 6 rings (SSSR count). The van der Waals surface area contributed by atoms with Crippen molar-refractivity contribution in [1.29, 1.82) is 0 Å². The Labute approximate surface area is 313 Å². The predicted molar refractivity (Wildman–Crippen MR) is 171 cm³/mol. The van der Waals surface area contributed by atoms with Crippen LogP contribution < -0.4 is 28.4 Å². The fraction of sp³-hybridized carbons (Fsp3) is 0.314. The van der Waals surface area contributed by atoms with E-state index in [1.165, 1.54) is 7.11 Å². The van der Waals surface area contributed by atoms with Gasteiger partial charge < -0.3 is 38.3 Å². The quantitative estimate of drug-likeness (QED) is 0.107. The molecule has 2 aliphatic carbocycles. The lowest BCUT2D eigenvalue weighted by Crippen LogP contribution is -2.17. The van der Waals surface area contributed by atoms with Crippen LogP contribution in [0.1, 0.15) is 56.8 Å². The van der Waals surface area contributed by atoms with Gasteiger partial charge in [0.05, 0.1) is 44.6 Å². The first-order valence-corrected chi connectivity index (χ1v) is 15.8. The van der Waals surface area contributed by atoms with Crippen molar-refractivity contribution in [2.45, 2.75) is 49.2 Å². The maximum absolute atomic E-state index is 13.4. The molecule has 2 atom stereocenters. The van der Waals surface area contributed by atoms with Gasteiger partial charge in [-0.2, -0.15) is 0 Å². The van der Waals surface area contributed by atoms with Gasteiger partial charge in [-0.1, -0.05) is 0 Å². The minimum Gasteiger partial charge on any atom is -0.493 e. The van der Waals surface area contributed by atoms with Gasteiger partial charge in [-0.3, -0.25) is 9.97 Å². The van der Waals surface area contributed by atoms with Crippen molar-refractivity contribution in [1.82, 2.24) is 9.97 Å². The molecule has 0 aliphatic heterocycles. The van der Waals surface area contributed by atoms with Crippen LogP contribution in [0.5, 0.6) is 46.0 Å². The Balaban J connectivity index is 0.000000218. The molecule has 0 saturated heterocycles. The molecule has 22 heteroatoms. The maximum Gasteiger partial charge on any atom is 0.573 e. The van der Waals surface area contributed by atoms with Gasteiger partial charge >= 0.3 is 24.7 Å². The van der Waals surface area contributed by atoms with E-state index in [0.29, 0.717) is 0 Å². The van der Waals surface area contributed by atoms with Gasteiger partial charge in [0, 0.05) is 49.5 Å². The number of carboxylic acid groups (broad SMARTS) is 1. The number of methoxy groups -OCH3 is 3. The summed E-state index contributed by atoms with van der Waals surface area (Å²) in [5, 5.41) is 9.25. The topological polar surface area (TPSA) is 145 Å². The van der Waals surface area contributed by atoms with Gasteiger partial charge in [-0.25, -0.2) is 27.2 Å². The number of alkyl halides is 10. The molecule has 12 nitrogen and oxygen atoms in total. The third kappa shape index (κ3) is 10.6. The number of carboxylic acids is 1. The Kier molecular flexibility index (Phi) is 11.6. The van der Waals surface area contributed by atoms with E-state index in [9.17, 15) is 58.6 Å². The number of carbonyl (C=O) groups excluding carboxylic acids is 1. The minimum absolute atomic E-state index is 0.00800. The lowest BCUT2D eigenvalue weighted by molar-refractivity contribution is -0.275. The van der Waals surface area contributed by atoms with Crippen LogP contribution in [0.2, 0.25) is 0 Å². The van der Waals surface area contributed by atoms with Crippen LogP contribution in [0, 0.1) is 0 Å². The second-order valence-electron chi connectivity index (χ2n) is 12.0. The van der Waals surface area contributed by atoms with Crippen LogP contribution in [0.3, 0.4) is 0 Å². The first-order valence-electron chi connectivity index (χ1n) is 15.8. The molecule has 0 radical (unpaired) electrons. The number of benzene rings is 2. The molecule has 0 spiro atoms. The fourth-order valence-electron chi connectivity index (χ4n) is 5.04. The van der Waals surface area contributed by atoms with Crippen molar-refractivity contribution in [3.8, 4) is 46.0 Å². The zero-order chi connectivity index (χ0) is 42.1. The second-order valence-corrected chi connectivity index (χ2v) is 12.0. The molecule has 2 aliphatic rings. The van der Waals surface area contributed by atoms with E-state index in [1.807, 2.05) is 0 Å². The van der Waals surface area contributed by atoms with Gasteiger partial charge in [0.15, 0.2) is 23.0 Å². The van der Waals surface area contributed by atoms with E-state index in [4.69, 9.17) is 18.9 Å². The summed E-state index contributed by atoms with van der Waals surface area (Å²) in [6.45, 7) is 0. The molecule has 2 heterocycles. The Morgan fingerprint density at radius 3 is 1.35 bits per heavy atom. The molecule has 57 heavy (non-hydrogen) atoms. The first kappa shape index (κ1) is 41.9. The number of nitrogens with zero attached hydrogens (tertiary/aromatic N) is 2. The van der Waals surface area contributed by atoms with Crippen molar-refractivity contribution in [3.63, 3.8) is 0 Å². The number of hydrogen-bond donors (Lipinski definition) is 1. The number of aromatic carboxylic acids is 1. The monoisotopic (exact) mass is 824 g/mol. The Morgan fingerprint density at radius 2 is 1.02 bits per heavy atom. The number of aromatic nitrogens is 2. The van der Waals surface area contributed by atoms with Crippen LogP contribution >= 0.6 is 0 Å². The van der Waals surface area contributed by atoms with Crippen molar-refractivity contribution in [2.75, 3.05) is 21.3 Å². The highest BCUT2D eigenvalue weighted by atomic mass is 19.4. The van der Waals surface area contributed by atoms with Crippen molar-refractivity contribution >= 4 is 11.9 Å². The summed E-state index contributed by atoms with van der Waals surface area (Å²) < 4.78 is 161. The highest BCUT2D eigenvalue weighted by Gasteiger charge is 2.59. The number of hydrogen-bond acceptors (Lipinski definition) is 11. The number of carbonyl (C=O) groups is 2. The first-order chi connectivity index (χ1) is 26.5. The molecule has 2 saturated carbocycles. The van der Waals surface area contributed by atoms with Gasteiger partial charge in [0.2, 0.25) is 0 Å². The lowest BCUT2D eigenvalue weighted by Gasteiger charge is -2.15. The van der Waals surface area contributed by atoms with Crippen LogP contribution in [0.25, 0.3) is 0 Å². The van der Waals surface area contributed by atoms with E-state index < -0.39 is 71.8 Å². The smallest absolute Gasteiger partial charge is 0.493 e. The third-order valence-corrected chi connectivity index (χ3v) is 7.95. The van der Waals surface area contributed by atoms with E-state index in [0.717, 1.165) is 75.1 Å². The SMILES string of the molecule is COC(=O)c1cnc(C2CC2(F)F)cc1Oc1ccc(OC(F)(F)F)cc1OC.COc1cc(OC(F)(F)F)ccc1Oc1cc(C2CC2(F)F)ncc1C(=O)O. The van der Waals surface area contributed by atoms with E-state index in [1.54, 1.807) is 0 Å². The summed E-state index contributed by atoms with van der Waals surface area (Å²) in [7, 11) is 3.45. The molecule has 4 aromatic rings. The Hall–Kier alpha value is -6.22. The lowest BCUT2D eigenvalue weighted by atomic mass is 10.2. The number of ether oxygens (including phenoxy) is 7. The molecule has 1 N–H and O–H groups in total. The highest BCUT2D eigenvalue weighted by molar-refractivity contribution is 5.92. The Bertz CT molecular complexity index is 2150. The second kappa shape index (κ2) is 15.7. The largest absolute Gasteiger partial charge is 0.573 e.